The topological polar surface area (TPSA) is 44.1 Å². The zero-order valence-corrected chi connectivity index (χ0v) is 12.3. The van der Waals surface area contributed by atoms with Gasteiger partial charge in [0.15, 0.2) is 5.78 Å². The van der Waals surface area contributed by atoms with Crippen molar-refractivity contribution in [1.29, 1.82) is 0 Å². The van der Waals surface area contributed by atoms with Crippen molar-refractivity contribution in [2.45, 2.75) is 59.6 Å². The summed E-state index contributed by atoms with van der Waals surface area (Å²) >= 11 is 0. The Kier molecular flexibility index (Phi) is 4.68. The minimum Gasteiger partial charge on any atom is -0.379 e. The van der Waals surface area contributed by atoms with Crippen molar-refractivity contribution in [3.05, 3.63) is 17.0 Å². The molecule has 4 heteroatoms. The molecule has 0 aliphatic heterocycles. The average Bonchev–Trinajstić information content (AvgIpc) is 2.61. The molecule has 1 rings (SSSR count). The molecule has 0 saturated carbocycles. The number of aromatic nitrogens is 2. The van der Waals surface area contributed by atoms with Crippen LogP contribution in [0.1, 0.15) is 55.4 Å². The van der Waals surface area contributed by atoms with Crippen molar-refractivity contribution in [3.63, 3.8) is 0 Å². The molecule has 0 saturated heterocycles. The third kappa shape index (κ3) is 3.19. The molecular weight excluding hydrogens is 228 g/mol. The van der Waals surface area contributed by atoms with Gasteiger partial charge in [0, 0.05) is 25.8 Å². The Morgan fingerprint density at radius 2 is 2.00 bits per heavy atom. The first-order valence-corrected chi connectivity index (χ1v) is 6.44. The van der Waals surface area contributed by atoms with Crippen LogP contribution in [0, 0.1) is 13.8 Å². The van der Waals surface area contributed by atoms with Gasteiger partial charge in [-0.3, -0.25) is 9.48 Å². The van der Waals surface area contributed by atoms with Gasteiger partial charge in [-0.15, -0.1) is 0 Å². The summed E-state index contributed by atoms with van der Waals surface area (Å²) in [5.41, 5.74) is 2.41. The van der Waals surface area contributed by atoms with Crippen LogP contribution in [-0.2, 0) is 11.3 Å². The van der Waals surface area contributed by atoms with E-state index in [0.717, 1.165) is 29.9 Å². The highest BCUT2D eigenvalue weighted by Gasteiger charge is 2.20. The number of aryl methyl sites for hydroxylation is 2. The van der Waals surface area contributed by atoms with Crippen LogP contribution in [0.25, 0.3) is 0 Å². The summed E-state index contributed by atoms with van der Waals surface area (Å²) in [7, 11) is 1.72. The van der Waals surface area contributed by atoms with Crippen molar-refractivity contribution < 1.29 is 9.53 Å². The number of carbonyl (C=O) groups is 1. The maximum atomic E-state index is 11.8. The van der Waals surface area contributed by atoms with Crippen molar-refractivity contribution >= 4 is 5.78 Å². The fourth-order valence-corrected chi connectivity index (χ4v) is 1.97. The number of ketones is 1. The monoisotopic (exact) mass is 252 g/mol. The summed E-state index contributed by atoms with van der Waals surface area (Å²) in [6.45, 7) is 10.6. The maximum absolute atomic E-state index is 11.8. The third-order valence-corrected chi connectivity index (χ3v) is 3.46. The molecule has 1 heterocycles. The second kappa shape index (κ2) is 5.65. The van der Waals surface area contributed by atoms with E-state index in [2.05, 4.69) is 18.9 Å². The Hall–Kier alpha value is -1.16. The van der Waals surface area contributed by atoms with E-state index in [1.54, 1.807) is 7.11 Å². The summed E-state index contributed by atoms with van der Waals surface area (Å²) < 4.78 is 7.31. The van der Waals surface area contributed by atoms with Gasteiger partial charge in [-0.2, -0.15) is 5.10 Å². The molecule has 0 spiro atoms. The minimum atomic E-state index is -0.165. The molecule has 0 amide bonds. The van der Waals surface area contributed by atoms with E-state index in [9.17, 15) is 4.79 Å². The zero-order chi connectivity index (χ0) is 13.9. The smallest absolute Gasteiger partial charge is 0.166 e. The van der Waals surface area contributed by atoms with Gasteiger partial charge in [0.05, 0.1) is 16.9 Å². The SMILES string of the molecule is CCC(=O)c1c(C)nn(CCC(C)(C)OC)c1C. The normalized spacial score (nSPS) is 11.9. The lowest BCUT2D eigenvalue weighted by atomic mass is 10.1. The number of hydrogen-bond acceptors (Lipinski definition) is 3. The summed E-state index contributed by atoms with van der Waals surface area (Å²) in [6, 6.07) is 0. The van der Waals surface area contributed by atoms with E-state index in [1.807, 2.05) is 25.5 Å². The van der Waals surface area contributed by atoms with E-state index in [4.69, 9.17) is 4.74 Å². The molecule has 0 fully saturated rings. The molecular formula is C14H24N2O2. The lowest BCUT2D eigenvalue weighted by Crippen LogP contribution is -2.25. The third-order valence-electron chi connectivity index (χ3n) is 3.46. The Morgan fingerprint density at radius 1 is 1.39 bits per heavy atom. The summed E-state index contributed by atoms with van der Waals surface area (Å²) in [4.78, 5) is 11.8. The number of Topliss-reactive ketones (excluding diaryl/α,β-unsaturated/α-hetero) is 1. The molecule has 0 unspecified atom stereocenters. The van der Waals surface area contributed by atoms with Gasteiger partial charge in [0.25, 0.3) is 0 Å². The van der Waals surface area contributed by atoms with Crippen LogP contribution in [0.5, 0.6) is 0 Å². The molecule has 0 aliphatic rings. The van der Waals surface area contributed by atoms with E-state index in [0.29, 0.717) is 6.42 Å². The van der Waals surface area contributed by atoms with Crippen LogP contribution >= 0.6 is 0 Å². The molecule has 0 bridgehead atoms. The van der Waals surface area contributed by atoms with Gasteiger partial charge in [-0.1, -0.05) is 6.92 Å². The number of ether oxygens (including phenoxy) is 1. The van der Waals surface area contributed by atoms with Crippen LogP contribution < -0.4 is 0 Å². The van der Waals surface area contributed by atoms with E-state index in [1.165, 1.54) is 0 Å². The minimum absolute atomic E-state index is 0.165. The van der Waals surface area contributed by atoms with Gasteiger partial charge in [0.2, 0.25) is 0 Å². The van der Waals surface area contributed by atoms with Crippen LogP contribution in [0.4, 0.5) is 0 Å². The predicted molar refractivity (Wildman–Crippen MR) is 72.0 cm³/mol. The molecule has 0 atom stereocenters. The Morgan fingerprint density at radius 3 is 2.50 bits per heavy atom. The van der Waals surface area contributed by atoms with Gasteiger partial charge in [0.1, 0.15) is 0 Å². The highest BCUT2D eigenvalue weighted by molar-refractivity contribution is 5.97. The van der Waals surface area contributed by atoms with Crippen LogP contribution in [0.3, 0.4) is 0 Å². The van der Waals surface area contributed by atoms with Crippen LogP contribution in [0.2, 0.25) is 0 Å². The van der Waals surface area contributed by atoms with E-state index in [-0.39, 0.29) is 11.4 Å². The van der Waals surface area contributed by atoms with Crippen molar-refractivity contribution in [2.75, 3.05) is 7.11 Å². The fraction of sp³-hybridized carbons (Fsp3) is 0.714. The molecule has 0 aromatic carbocycles. The molecule has 102 valence electrons. The number of hydrogen-bond donors (Lipinski definition) is 0. The Bertz CT molecular complexity index is 433. The zero-order valence-electron chi connectivity index (χ0n) is 12.3. The Balaban J connectivity index is 2.89. The van der Waals surface area contributed by atoms with Gasteiger partial charge in [-0.05, 0) is 34.1 Å². The van der Waals surface area contributed by atoms with Crippen molar-refractivity contribution in [1.82, 2.24) is 9.78 Å². The molecule has 18 heavy (non-hydrogen) atoms. The van der Waals surface area contributed by atoms with Gasteiger partial charge < -0.3 is 4.74 Å². The average molecular weight is 252 g/mol. The summed E-state index contributed by atoms with van der Waals surface area (Å²) in [5, 5.41) is 4.46. The number of rotatable bonds is 6. The fourth-order valence-electron chi connectivity index (χ4n) is 1.97. The Labute approximate surface area is 109 Å². The molecule has 0 aliphatic carbocycles. The first-order chi connectivity index (χ1) is 8.32. The second-order valence-corrected chi connectivity index (χ2v) is 5.26. The molecule has 4 nitrogen and oxygen atoms in total. The predicted octanol–water partition coefficient (Wildman–Crippen LogP) is 2.91. The highest BCUT2D eigenvalue weighted by atomic mass is 16.5. The van der Waals surface area contributed by atoms with Crippen LogP contribution in [-0.4, -0.2) is 28.3 Å². The van der Waals surface area contributed by atoms with Crippen molar-refractivity contribution in [2.24, 2.45) is 0 Å². The summed E-state index contributed by atoms with van der Waals surface area (Å²) in [6.07, 6.45) is 1.39. The van der Waals surface area contributed by atoms with E-state index < -0.39 is 0 Å². The number of carbonyl (C=O) groups excluding carboxylic acids is 1. The first-order valence-electron chi connectivity index (χ1n) is 6.44. The molecule has 1 aromatic rings. The number of methoxy groups -OCH3 is 1. The number of nitrogens with zero attached hydrogens (tertiary/aromatic N) is 2. The maximum Gasteiger partial charge on any atom is 0.166 e. The molecule has 0 radical (unpaired) electrons. The lowest BCUT2D eigenvalue weighted by molar-refractivity contribution is 0.0112. The quantitative estimate of drug-likeness (QED) is 0.731. The lowest BCUT2D eigenvalue weighted by Gasteiger charge is -2.22. The van der Waals surface area contributed by atoms with Gasteiger partial charge >= 0.3 is 0 Å². The molecule has 0 N–H and O–H groups in total. The van der Waals surface area contributed by atoms with Crippen LogP contribution in [0.15, 0.2) is 0 Å². The summed E-state index contributed by atoms with van der Waals surface area (Å²) in [5.74, 6) is 0.169. The first kappa shape index (κ1) is 14.9. The molecule has 1 aromatic heterocycles. The van der Waals surface area contributed by atoms with E-state index >= 15 is 0 Å². The second-order valence-electron chi connectivity index (χ2n) is 5.26. The standard InChI is InChI=1S/C14H24N2O2/c1-7-12(17)13-10(2)15-16(11(13)3)9-8-14(4,5)18-6/h7-9H2,1-6H3. The largest absolute Gasteiger partial charge is 0.379 e. The highest BCUT2D eigenvalue weighted by Crippen LogP contribution is 2.19. The van der Waals surface area contributed by atoms with Gasteiger partial charge in [-0.25, -0.2) is 0 Å². The van der Waals surface area contributed by atoms with Crippen molar-refractivity contribution in [3.8, 4) is 0 Å².